The van der Waals surface area contributed by atoms with Crippen molar-refractivity contribution in [2.45, 2.75) is 31.4 Å². The van der Waals surface area contributed by atoms with E-state index < -0.39 is 0 Å². The van der Waals surface area contributed by atoms with Crippen molar-refractivity contribution in [2.24, 2.45) is 5.73 Å². The van der Waals surface area contributed by atoms with Crippen LogP contribution in [0.5, 0.6) is 5.75 Å². The van der Waals surface area contributed by atoms with Crippen LogP contribution >= 0.6 is 15.9 Å². The zero-order valence-electron chi connectivity index (χ0n) is 11.6. The normalized spacial score (nSPS) is 18.1. The van der Waals surface area contributed by atoms with E-state index in [4.69, 9.17) is 10.5 Å². The Kier molecular flexibility index (Phi) is 4.27. The standard InChI is InChI=1S/C17H17BrFNO/c18-16-4-2-1-3-11(16)8-14(20)10-15-9-12-7-13(19)5-6-17(12)21-15/h1-7,14-15H,8-10,20H2. The molecular formula is C17H17BrFNO. The molecule has 1 heterocycles. The highest BCUT2D eigenvalue weighted by Crippen LogP contribution is 2.31. The van der Waals surface area contributed by atoms with E-state index in [0.717, 1.165) is 35.0 Å². The predicted molar refractivity (Wildman–Crippen MR) is 85.0 cm³/mol. The van der Waals surface area contributed by atoms with Gasteiger partial charge >= 0.3 is 0 Å². The topological polar surface area (TPSA) is 35.2 Å². The first kappa shape index (κ1) is 14.5. The molecule has 0 amide bonds. The van der Waals surface area contributed by atoms with E-state index in [2.05, 4.69) is 22.0 Å². The van der Waals surface area contributed by atoms with Crippen LogP contribution < -0.4 is 10.5 Å². The Morgan fingerprint density at radius 3 is 2.90 bits per heavy atom. The Bertz CT molecular complexity index is 646. The van der Waals surface area contributed by atoms with Crippen LogP contribution in [0.1, 0.15) is 17.5 Å². The molecule has 0 aromatic heterocycles. The Morgan fingerprint density at radius 2 is 2.10 bits per heavy atom. The third-order valence-corrected chi connectivity index (χ3v) is 4.54. The molecule has 0 radical (unpaired) electrons. The molecule has 110 valence electrons. The number of nitrogens with two attached hydrogens (primary N) is 1. The van der Waals surface area contributed by atoms with E-state index in [9.17, 15) is 4.39 Å². The molecule has 0 bridgehead atoms. The van der Waals surface area contributed by atoms with Gasteiger partial charge in [-0.1, -0.05) is 34.1 Å². The van der Waals surface area contributed by atoms with E-state index in [1.165, 1.54) is 11.6 Å². The highest BCUT2D eigenvalue weighted by molar-refractivity contribution is 9.10. The molecule has 0 saturated carbocycles. The van der Waals surface area contributed by atoms with Gasteiger partial charge in [-0.05, 0) is 36.2 Å². The number of ether oxygens (including phenoxy) is 1. The minimum absolute atomic E-state index is 0.0212. The van der Waals surface area contributed by atoms with Crippen LogP contribution in [0.3, 0.4) is 0 Å². The summed E-state index contributed by atoms with van der Waals surface area (Å²) in [6, 6.07) is 12.8. The maximum absolute atomic E-state index is 13.2. The van der Waals surface area contributed by atoms with Crippen LogP contribution in [-0.4, -0.2) is 12.1 Å². The number of hydrogen-bond donors (Lipinski definition) is 1. The first-order valence-corrected chi connectivity index (χ1v) is 7.85. The van der Waals surface area contributed by atoms with Gasteiger partial charge in [0.2, 0.25) is 0 Å². The molecular weight excluding hydrogens is 333 g/mol. The number of rotatable bonds is 4. The van der Waals surface area contributed by atoms with Crippen LogP contribution in [-0.2, 0) is 12.8 Å². The third kappa shape index (κ3) is 3.44. The average Bonchev–Trinajstić information content (AvgIpc) is 2.82. The second kappa shape index (κ2) is 6.16. The molecule has 3 rings (SSSR count). The minimum Gasteiger partial charge on any atom is -0.490 e. The quantitative estimate of drug-likeness (QED) is 0.909. The molecule has 2 aromatic carbocycles. The lowest BCUT2D eigenvalue weighted by molar-refractivity contribution is 0.210. The van der Waals surface area contributed by atoms with Crippen LogP contribution in [0.25, 0.3) is 0 Å². The van der Waals surface area contributed by atoms with Crippen molar-refractivity contribution >= 4 is 15.9 Å². The fourth-order valence-corrected chi connectivity index (χ4v) is 3.23. The summed E-state index contributed by atoms with van der Waals surface area (Å²) in [5.74, 6) is 0.574. The molecule has 0 aliphatic carbocycles. The van der Waals surface area contributed by atoms with Gasteiger partial charge in [-0.15, -0.1) is 0 Å². The molecule has 21 heavy (non-hydrogen) atoms. The number of hydrogen-bond acceptors (Lipinski definition) is 2. The van der Waals surface area contributed by atoms with Crippen molar-refractivity contribution in [3.05, 3.63) is 63.9 Å². The highest BCUT2D eigenvalue weighted by Gasteiger charge is 2.25. The van der Waals surface area contributed by atoms with Gasteiger partial charge < -0.3 is 10.5 Å². The lowest BCUT2D eigenvalue weighted by Crippen LogP contribution is -2.30. The highest BCUT2D eigenvalue weighted by atomic mass is 79.9. The van der Waals surface area contributed by atoms with E-state index in [1.54, 1.807) is 12.1 Å². The number of halogens is 2. The Labute approximate surface area is 132 Å². The molecule has 2 nitrogen and oxygen atoms in total. The molecule has 2 aromatic rings. The Hall–Kier alpha value is -1.39. The molecule has 2 N–H and O–H groups in total. The smallest absolute Gasteiger partial charge is 0.123 e. The maximum atomic E-state index is 13.2. The largest absolute Gasteiger partial charge is 0.490 e. The molecule has 0 saturated heterocycles. The van der Waals surface area contributed by atoms with Crippen LogP contribution in [0, 0.1) is 5.82 Å². The van der Waals surface area contributed by atoms with Gasteiger partial charge in [0.15, 0.2) is 0 Å². The zero-order valence-corrected chi connectivity index (χ0v) is 13.1. The summed E-state index contributed by atoms with van der Waals surface area (Å²) < 4.78 is 20.1. The lowest BCUT2D eigenvalue weighted by atomic mass is 9.99. The van der Waals surface area contributed by atoms with Crippen molar-refractivity contribution in [3.8, 4) is 5.75 Å². The van der Waals surface area contributed by atoms with E-state index in [0.29, 0.717) is 0 Å². The summed E-state index contributed by atoms with van der Waals surface area (Å²) in [6.45, 7) is 0. The second-order valence-corrected chi connectivity index (χ2v) is 6.34. The summed E-state index contributed by atoms with van der Waals surface area (Å²) in [5, 5.41) is 0. The van der Waals surface area contributed by atoms with Gasteiger partial charge in [0, 0.05) is 28.9 Å². The van der Waals surface area contributed by atoms with Crippen molar-refractivity contribution in [3.63, 3.8) is 0 Å². The van der Waals surface area contributed by atoms with Gasteiger partial charge in [0.05, 0.1) is 0 Å². The Balaban J connectivity index is 1.60. The second-order valence-electron chi connectivity index (χ2n) is 5.49. The lowest BCUT2D eigenvalue weighted by Gasteiger charge is -2.17. The molecule has 0 fully saturated rings. The molecule has 0 spiro atoms. The van der Waals surface area contributed by atoms with Gasteiger partial charge in [-0.25, -0.2) is 4.39 Å². The first-order chi connectivity index (χ1) is 10.1. The number of benzene rings is 2. The van der Waals surface area contributed by atoms with Gasteiger partial charge in [0.1, 0.15) is 17.7 Å². The van der Waals surface area contributed by atoms with E-state index >= 15 is 0 Å². The fourth-order valence-electron chi connectivity index (χ4n) is 2.79. The van der Waals surface area contributed by atoms with Gasteiger partial charge in [-0.3, -0.25) is 0 Å². The van der Waals surface area contributed by atoms with Crippen LogP contribution in [0.15, 0.2) is 46.9 Å². The fraction of sp³-hybridized carbons (Fsp3) is 0.294. The van der Waals surface area contributed by atoms with Crippen LogP contribution in [0.4, 0.5) is 4.39 Å². The van der Waals surface area contributed by atoms with E-state index in [-0.39, 0.29) is 18.0 Å². The van der Waals surface area contributed by atoms with Crippen molar-refractivity contribution in [1.29, 1.82) is 0 Å². The summed E-state index contributed by atoms with van der Waals surface area (Å²) in [5.41, 5.74) is 8.38. The van der Waals surface area contributed by atoms with Crippen molar-refractivity contribution in [1.82, 2.24) is 0 Å². The summed E-state index contributed by atoms with van der Waals surface area (Å²) in [7, 11) is 0. The SMILES string of the molecule is NC(Cc1ccccc1Br)CC1Cc2cc(F)ccc2O1. The van der Waals surface area contributed by atoms with Crippen LogP contribution in [0.2, 0.25) is 0 Å². The van der Waals surface area contributed by atoms with E-state index in [1.807, 2.05) is 18.2 Å². The van der Waals surface area contributed by atoms with Gasteiger partial charge in [0.25, 0.3) is 0 Å². The third-order valence-electron chi connectivity index (χ3n) is 3.77. The molecule has 1 aliphatic heterocycles. The Morgan fingerprint density at radius 1 is 1.29 bits per heavy atom. The van der Waals surface area contributed by atoms with Crippen molar-refractivity contribution < 1.29 is 9.13 Å². The molecule has 4 heteroatoms. The van der Waals surface area contributed by atoms with Crippen molar-refractivity contribution in [2.75, 3.05) is 0 Å². The maximum Gasteiger partial charge on any atom is 0.123 e. The average molecular weight is 350 g/mol. The zero-order chi connectivity index (χ0) is 14.8. The summed E-state index contributed by atoms with van der Waals surface area (Å²) in [6.07, 6.45) is 2.33. The molecule has 2 unspecified atom stereocenters. The number of fused-ring (bicyclic) bond motifs is 1. The summed E-state index contributed by atoms with van der Waals surface area (Å²) >= 11 is 3.54. The minimum atomic E-state index is -0.212. The predicted octanol–water partition coefficient (Wildman–Crippen LogP) is 3.85. The van der Waals surface area contributed by atoms with Gasteiger partial charge in [-0.2, -0.15) is 0 Å². The molecule has 2 atom stereocenters. The first-order valence-electron chi connectivity index (χ1n) is 7.06. The monoisotopic (exact) mass is 349 g/mol. The molecule has 1 aliphatic rings. The summed E-state index contributed by atoms with van der Waals surface area (Å²) in [4.78, 5) is 0.